The number of nitrogens with zero attached hydrogens (tertiary/aromatic N) is 5. The number of carbonyl (C=O) groups is 1. The lowest BCUT2D eigenvalue weighted by atomic mass is 10.1. The summed E-state index contributed by atoms with van der Waals surface area (Å²) in [6, 6.07) is 17.7. The summed E-state index contributed by atoms with van der Waals surface area (Å²) in [5.74, 6) is -0.0914. The number of hydrogen-bond acceptors (Lipinski definition) is 5. The molecule has 0 aliphatic carbocycles. The highest BCUT2D eigenvalue weighted by Crippen LogP contribution is 2.26. The number of thiazole rings is 1. The normalized spacial score (nSPS) is 11.9. The largest absolute Gasteiger partial charge is 0.334 e. The third kappa shape index (κ3) is 3.57. The molecule has 4 aromatic rings. The molecule has 2 heterocycles. The number of amides is 1. The zero-order valence-corrected chi connectivity index (χ0v) is 16.4. The second kappa shape index (κ2) is 7.74. The van der Waals surface area contributed by atoms with Crippen molar-refractivity contribution in [2.24, 2.45) is 0 Å². The summed E-state index contributed by atoms with van der Waals surface area (Å²) in [5, 5.41) is 6.80. The summed E-state index contributed by atoms with van der Waals surface area (Å²) in [6.45, 7) is 2.01. The molecule has 4 rings (SSSR count). The van der Waals surface area contributed by atoms with Gasteiger partial charge in [-0.2, -0.15) is 5.10 Å². The lowest BCUT2D eigenvalue weighted by molar-refractivity contribution is 0.0737. The Hall–Kier alpha value is -3.32. The fraction of sp³-hybridized carbons (Fsp3) is 0.143. The Bertz CT molecular complexity index is 1060. The van der Waals surface area contributed by atoms with Crippen LogP contribution in [-0.2, 0) is 0 Å². The summed E-state index contributed by atoms with van der Waals surface area (Å²) < 4.78 is 1.70. The van der Waals surface area contributed by atoms with E-state index < -0.39 is 0 Å². The summed E-state index contributed by atoms with van der Waals surface area (Å²) in [5.41, 5.74) is 3.45. The molecule has 7 heteroatoms. The Morgan fingerprint density at radius 2 is 1.86 bits per heavy atom. The Morgan fingerprint density at radius 3 is 2.54 bits per heavy atom. The van der Waals surface area contributed by atoms with E-state index in [0.717, 1.165) is 21.8 Å². The predicted molar refractivity (Wildman–Crippen MR) is 109 cm³/mol. The number of carbonyl (C=O) groups excluding carboxylic acids is 1. The van der Waals surface area contributed by atoms with Crippen molar-refractivity contribution >= 4 is 17.2 Å². The lowest BCUT2D eigenvalue weighted by Gasteiger charge is -2.24. The van der Waals surface area contributed by atoms with Crippen molar-refractivity contribution in [1.29, 1.82) is 0 Å². The van der Waals surface area contributed by atoms with Crippen LogP contribution in [0.25, 0.3) is 16.3 Å². The maximum Gasteiger partial charge on any atom is 0.273 e. The molecule has 6 nitrogen and oxygen atoms in total. The SMILES string of the molecule is C[C@@H](c1ccc(-n2cncn2)cc1)N(C)C(=O)c1csc(-c2ccccc2)n1. The minimum absolute atomic E-state index is 0.0841. The molecule has 0 aliphatic rings. The average molecular weight is 389 g/mol. The van der Waals surface area contributed by atoms with Gasteiger partial charge in [-0.1, -0.05) is 42.5 Å². The van der Waals surface area contributed by atoms with Gasteiger partial charge in [0, 0.05) is 18.0 Å². The van der Waals surface area contributed by atoms with Crippen molar-refractivity contribution in [3.63, 3.8) is 0 Å². The van der Waals surface area contributed by atoms with E-state index in [2.05, 4.69) is 15.1 Å². The first kappa shape index (κ1) is 18.1. The molecule has 1 amide bonds. The van der Waals surface area contributed by atoms with Crippen LogP contribution >= 0.6 is 11.3 Å². The molecule has 0 fully saturated rings. The third-order valence-corrected chi connectivity index (χ3v) is 5.60. The van der Waals surface area contributed by atoms with Crippen molar-refractivity contribution in [3.8, 4) is 16.3 Å². The minimum Gasteiger partial charge on any atom is -0.334 e. The molecule has 0 radical (unpaired) electrons. The molecule has 0 saturated carbocycles. The van der Waals surface area contributed by atoms with E-state index in [1.54, 1.807) is 23.0 Å². The molecule has 0 aliphatic heterocycles. The van der Waals surface area contributed by atoms with E-state index in [1.165, 1.54) is 17.7 Å². The van der Waals surface area contributed by atoms with Gasteiger partial charge in [0.2, 0.25) is 0 Å². The van der Waals surface area contributed by atoms with Crippen LogP contribution in [0, 0.1) is 0 Å². The zero-order chi connectivity index (χ0) is 19.5. The quantitative estimate of drug-likeness (QED) is 0.513. The molecule has 0 saturated heterocycles. The molecule has 2 aromatic heterocycles. The molecule has 0 bridgehead atoms. The molecular formula is C21H19N5OS. The standard InChI is InChI=1S/C21H19N5OS/c1-15(16-8-10-18(11-9-16)26-14-22-13-23-26)25(2)21(27)19-12-28-20(24-19)17-6-4-3-5-7-17/h3-15H,1-2H3/t15-/m0/s1. The van der Waals surface area contributed by atoms with Crippen LogP contribution < -0.4 is 0 Å². The maximum atomic E-state index is 12.9. The van der Waals surface area contributed by atoms with Crippen LogP contribution in [0.3, 0.4) is 0 Å². The van der Waals surface area contributed by atoms with Crippen molar-refractivity contribution in [2.45, 2.75) is 13.0 Å². The van der Waals surface area contributed by atoms with Gasteiger partial charge in [-0.05, 0) is 24.6 Å². The van der Waals surface area contributed by atoms with Crippen molar-refractivity contribution < 1.29 is 4.79 Å². The number of hydrogen-bond donors (Lipinski definition) is 0. The van der Waals surface area contributed by atoms with Gasteiger partial charge >= 0.3 is 0 Å². The monoisotopic (exact) mass is 389 g/mol. The van der Waals surface area contributed by atoms with Gasteiger partial charge in [-0.25, -0.2) is 14.6 Å². The second-order valence-corrected chi connectivity index (χ2v) is 7.29. The minimum atomic E-state index is -0.0914. The predicted octanol–water partition coefficient (Wildman–Crippen LogP) is 4.22. The number of benzene rings is 2. The molecule has 0 unspecified atom stereocenters. The lowest BCUT2D eigenvalue weighted by Crippen LogP contribution is -2.29. The van der Waals surface area contributed by atoms with Crippen molar-refractivity contribution in [3.05, 3.63) is 83.9 Å². The topological polar surface area (TPSA) is 63.9 Å². The molecule has 2 aromatic carbocycles. The molecule has 1 atom stereocenters. The molecule has 140 valence electrons. The van der Waals surface area contributed by atoms with Gasteiger partial charge in [0.25, 0.3) is 5.91 Å². The van der Waals surface area contributed by atoms with E-state index in [9.17, 15) is 4.79 Å². The summed E-state index contributed by atoms with van der Waals surface area (Å²) in [7, 11) is 1.81. The van der Waals surface area contributed by atoms with Gasteiger partial charge in [0.05, 0.1) is 11.7 Å². The fourth-order valence-electron chi connectivity index (χ4n) is 2.91. The van der Waals surface area contributed by atoms with Gasteiger partial charge < -0.3 is 4.90 Å². The smallest absolute Gasteiger partial charge is 0.273 e. The highest BCUT2D eigenvalue weighted by atomic mass is 32.1. The maximum absolute atomic E-state index is 12.9. The van der Waals surface area contributed by atoms with Crippen LogP contribution in [0.15, 0.2) is 72.6 Å². The Kier molecular flexibility index (Phi) is 4.99. The zero-order valence-electron chi connectivity index (χ0n) is 15.6. The van der Waals surface area contributed by atoms with Crippen molar-refractivity contribution in [2.75, 3.05) is 7.05 Å². The van der Waals surface area contributed by atoms with Crippen LogP contribution in [0.5, 0.6) is 0 Å². The molecule has 0 N–H and O–H groups in total. The van der Waals surface area contributed by atoms with Gasteiger partial charge in [-0.15, -0.1) is 11.3 Å². The third-order valence-electron chi connectivity index (χ3n) is 4.70. The van der Waals surface area contributed by atoms with Crippen molar-refractivity contribution in [1.82, 2.24) is 24.6 Å². The van der Waals surface area contributed by atoms with E-state index in [4.69, 9.17) is 0 Å². The summed E-state index contributed by atoms with van der Waals surface area (Å²) in [4.78, 5) is 23.1. The fourth-order valence-corrected chi connectivity index (χ4v) is 3.71. The molecular weight excluding hydrogens is 370 g/mol. The van der Waals surface area contributed by atoms with Gasteiger partial charge in [0.1, 0.15) is 23.4 Å². The van der Waals surface area contributed by atoms with Crippen LogP contribution in [0.4, 0.5) is 0 Å². The van der Waals surface area contributed by atoms with E-state index in [0.29, 0.717) is 5.69 Å². The number of aromatic nitrogens is 4. The Balaban J connectivity index is 1.50. The van der Waals surface area contributed by atoms with Crippen LogP contribution in [0.1, 0.15) is 29.0 Å². The van der Waals surface area contributed by atoms with E-state index in [1.807, 2.05) is 66.9 Å². The average Bonchev–Trinajstić information content (AvgIpc) is 3.45. The van der Waals surface area contributed by atoms with Gasteiger partial charge in [0.15, 0.2) is 0 Å². The molecule has 28 heavy (non-hydrogen) atoms. The number of rotatable bonds is 5. The van der Waals surface area contributed by atoms with Crippen LogP contribution in [-0.4, -0.2) is 37.6 Å². The highest BCUT2D eigenvalue weighted by molar-refractivity contribution is 7.13. The second-order valence-electron chi connectivity index (χ2n) is 6.43. The Labute approximate surface area is 167 Å². The Morgan fingerprint density at radius 1 is 1.11 bits per heavy atom. The first-order chi connectivity index (χ1) is 13.6. The first-order valence-corrected chi connectivity index (χ1v) is 9.74. The summed E-state index contributed by atoms with van der Waals surface area (Å²) in [6.07, 6.45) is 3.15. The summed E-state index contributed by atoms with van der Waals surface area (Å²) >= 11 is 1.48. The van der Waals surface area contributed by atoms with E-state index >= 15 is 0 Å². The first-order valence-electron chi connectivity index (χ1n) is 8.86. The van der Waals surface area contributed by atoms with Crippen LogP contribution in [0.2, 0.25) is 0 Å². The van der Waals surface area contributed by atoms with Gasteiger partial charge in [-0.3, -0.25) is 4.79 Å². The van der Waals surface area contributed by atoms with E-state index in [-0.39, 0.29) is 11.9 Å². The molecule has 0 spiro atoms. The highest BCUT2D eigenvalue weighted by Gasteiger charge is 2.21.